The molecule has 0 fully saturated rings. The molecule has 0 saturated heterocycles. The van der Waals surface area contributed by atoms with Crippen molar-refractivity contribution in [3.05, 3.63) is 84.1 Å². The van der Waals surface area contributed by atoms with Crippen LogP contribution in [0.2, 0.25) is 0 Å². The first-order chi connectivity index (χ1) is 15.1. The van der Waals surface area contributed by atoms with E-state index in [1.807, 2.05) is 60.7 Å². The third-order valence-electron chi connectivity index (χ3n) is 4.21. The number of hydrogen-bond donors (Lipinski definition) is 1. The van der Waals surface area contributed by atoms with E-state index in [0.29, 0.717) is 24.6 Å². The first-order valence-corrected chi connectivity index (χ1v) is 9.99. The lowest BCUT2D eigenvalue weighted by atomic mass is 10.1. The minimum absolute atomic E-state index is 0.164. The summed E-state index contributed by atoms with van der Waals surface area (Å²) in [4.78, 5) is 27.2. The number of ether oxygens (including phenoxy) is 2. The second-order valence-corrected chi connectivity index (χ2v) is 6.80. The zero-order valence-corrected chi connectivity index (χ0v) is 17.3. The van der Waals surface area contributed by atoms with Crippen LogP contribution in [-0.2, 0) is 9.59 Å². The molecule has 3 rings (SSSR count). The van der Waals surface area contributed by atoms with Crippen molar-refractivity contribution < 1.29 is 19.1 Å². The van der Waals surface area contributed by atoms with Gasteiger partial charge in [0.25, 0.3) is 0 Å². The average molecular weight is 416 g/mol. The summed E-state index contributed by atoms with van der Waals surface area (Å²) < 4.78 is 10.9. The van der Waals surface area contributed by atoms with Gasteiger partial charge in [-0.1, -0.05) is 42.5 Å². The van der Waals surface area contributed by atoms with Crippen LogP contribution in [0.4, 0.5) is 5.82 Å². The molecule has 31 heavy (non-hydrogen) atoms. The summed E-state index contributed by atoms with van der Waals surface area (Å²) in [5.41, 5.74) is 1.86. The number of rotatable bonds is 9. The molecule has 0 aliphatic rings. The predicted octanol–water partition coefficient (Wildman–Crippen LogP) is 4.98. The molecule has 0 saturated carbocycles. The molecule has 0 aliphatic carbocycles. The number of anilines is 1. The molecular weight excluding hydrogens is 392 g/mol. The van der Waals surface area contributed by atoms with Crippen molar-refractivity contribution in [2.75, 3.05) is 11.9 Å². The molecule has 6 heteroatoms. The highest BCUT2D eigenvalue weighted by Crippen LogP contribution is 2.16. The number of carbonyl (C=O) groups excluding carboxylic acids is 2. The van der Waals surface area contributed by atoms with E-state index in [1.165, 1.54) is 6.92 Å². The highest BCUT2D eigenvalue weighted by Gasteiger charge is 2.05. The molecule has 0 bridgehead atoms. The second kappa shape index (κ2) is 11.3. The van der Waals surface area contributed by atoms with Crippen molar-refractivity contribution >= 4 is 29.8 Å². The molecule has 0 radical (unpaired) electrons. The Morgan fingerprint density at radius 2 is 1.68 bits per heavy atom. The van der Waals surface area contributed by atoms with Gasteiger partial charge in [0.05, 0.1) is 6.61 Å². The van der Waals surface area contributed by atoms with Crippen LogP contribution in [0.1, 0.15) is 30.9 Å². The molecule has 0 aliphatic heterocycles. The van der Waals surface area contributed by atoms with Gasteiger partial charge in [0.2, 0.25) is 5.91 Å². The van der Waals surface area contributed by atoms with Gasteiger partial charge >= 0.3 is 5.97 Å². The van der Waals surface area contributed by atoms with Gasteiger partial charge in [-0.15, -0.1) is 0 Å². The lowest BCUT2D eigenvalue weighted by Gasteiger charge is -2.06. The molecule has 1 aromatic heterocycles. The van der Waals surface area contributed by atoms with Crippen molar-refractivity contribution in [1.29, 1.82) is 0 Å². The highest BCUT2D eigenvalue weighted by molar-refractivity contribution is 5.88. The Morgan fingerprint density at radius 3 is 2.42 bits per heavy atom. The lowest BCUT2D eigenvalue weighted by Crippen LogP contribution is -2.09. The number of esters is 1. The van der Waals surface area contributed by atoms with E-state index in [9.17, 15) is 9.59 Å². The summed E-state index contributed by atoms with van der Waals surface area (Å²) in [6.07, 6.45) is 6.35. The van der Waals surface area contributed by atoms with Crippen molar-refractivity contribution in [3.8, 4) is 11.5 Å². The molecule has 1 amide bonds. The third-order valence-corrected chi connectivity index (χ3v) is 4.21. The number of nitrogens with one attached hydrogen (secondary N) is 1. The van der Waals surface area contributed by atoms with E-state index in [1.54, 1.807) is 24.4 Å². The quantitative estimate of drug-likeness (QED) is 0.303. The largest absolute Gasteiger partial charge is 0.494 e. The highest BCUT2D eigenvalue weighted by atomic mass is 16.5. The van der Waals surface area contributed by atoms with Crippen LogP contribution in [0.15, 0.2) is 72.9 Å². The zero-order chi connectivity index (χ0) is 21.9. The number of pyridine rings is 1. The monoisotopic (exact) mass is 416 g/mol. The fraction of sp³-hybridized carbons (Fsp3) is 0.160. The Hall–Kier alpha value is -3.93. The summed E-state index contributed by atoms with van der Waals surface area (Å²) in [5, 5.41) is 2.66. The topological polar surface area (TPSA) is 77.5 Å². The zero-order valence-electron chi connectivity index (χ0n) is 17.3. The summed E-state index contributed by atoms with van der Waals surface area (Å²) in [7, 11) is 0. The Balaban J connectivity index is 1.44. The van der Waals surface area contributed by atoms with Crippen LogP contribution in [0.5, 0.6) is 11.5 Å². The standard InChI is InChI=1S/C25H24N2O4/c1-19(28)27-24-18-21(15-16-26-24)10-9-20-11-13-23(14-12-20)31-25(29)8-5-17-30-22-6-3-2-4-7-22/h2-4,6-7,9-16,18H,5,8,17H2,1H3,(H,26,27,28)/b10-9+. The molecule has 1 N–H and O–H groups in total. The van der Waals surface area contributed by atoms with E-state index in [4.69, 9.17) is 9.47 Å². The molecule has 6 nitrogen and oxygen atoms in total. The van der Waals surface area contributed by atoms with Gasteiger partial charge in [0, 0.05) is 19.5 Å². The number of benzene rings is 2. The van der Waals surface area contributed by atoms with Gasteiger partial charge < -0.3 is 14.8 Å². The number of nitrogens with zero attached hydrogens (tertiary/aromatic N) is 1. The first kappa shape index (κ1) is 21.8. The maximum Gasteiger partial charge on any atom is 0.311 e. The molecule has 158 valence electrons. The SMILES string of the molecule is CC(=O)Nc1cc(/C=C/c2ccc(OC(=O)CCCOc3ccccc3)cc2)ccn1. The predicted molar refractivity (Wildman–Crippen MR) is 121 cm³/mol. The van der Waals surface area contributed by atoms with E-state index in [2.05, 4.69) is 10.3 Å². The van der Waals surface area contributed by atoms with Gasteiger partial charge in [0.1, 0.15) is 17.3 Å². The van der Waals surface area contributed by atoms with E-state index >= 15 is 0 Å². The lowest BCUT2D eigenvalue weighted by molar-refractivity contribution is -0.134. The molecule has 3 aromatic rings. The fourth-order valence-corrected chi connectivity index (χ4v) is 2.74. The molecule has 0 unspecified atom stereocenters. The Morgan fingerprint density at radius 1 is 0.935 bits per heavy atom. The molecule has 0 spiro atoms. The van der Waals surface area contributed by atoms with E-state index in [0.717, 1.165) is 16.9 Å². The van der Waals surface area contributed by atoms with Crippen LogP contribution in [0, 0.1) is 0 Å². The minimum atomic E-state index is -0.290. The van der Waals surface area contributed by atoms with Crippen LogP contribution in [-0.4, -0.2) is 23.5 Å². The van der Waals surface area contributed by atoms with Crippen molar-refractivity contribution in [3.63, 3.8) is 0 Å². The van der Waals surface area contributed by atoms with E-state index in [-0.39, 0.29) is 18.3 Å². The molecule has 1 heterocycles. The van der Waals surface area contributed by atoms with Gasteiger partial charge in [-0.2, -0.15) is 0 Å². The Labute approximate surface area is 181 Å². The maximum atomic E-state index is 12.0. The van der Waals surface area contributed by atoms with Crippen LogP contribution in [0.3, 0.4) is 0 Å². The molecular formula is C25H24N2O4. The molecule has 2 aromatic carbocycles. The van der Waals surface area contributed by atoms with Crippen molar-refractivity contribution in [2.45, 2.75) is 19.8 Å². The average Bonchev–Trinajstić information content (AvgIpc) is 2.77. The smallest absolute Gasteiger partial charge is 0.311 e. The maximum absolute atomic E-state index is 12.0. The number of carbonyl (C=O) groups is 2. The van der Waals surface area contributed by atoms with Crippen LogP contribution >= 0.6 is 0 Å². The van der Waals surface area contributed by atoms with Gasteiger partial charge in [0.15, 0.2) is 0 Å². The number of hydrogen-bond acceptors (Lipinski definition) is 5. The van der Waals surface area contributed by atoms with Crippen molar-refractivity contribution in [2.24, 2.45) is 0 Å². The number of aromatic nitrogens is 1. The van der Waals surface area contributed by atoms with Crippen LogP contribution < -0.4 is 14.8 Å². The van der Waals surface area contributed by atoms with Gasteiger partial charge in [-0.3, -0.25) is 9.59 Å². The second-order valence-electron chi connectivity index (χ2n) is 6.80. The Kier molecular flexibility index (Phi) is 7.94. The van der Waals surface area contributed by atoms with Gasteiger partial charge in [-0.25, -0.2) is 4.98 Å². The number of amides is 1. The first-order valence-electron chi connectivity index (χ1n) is 9.99. The summed E-state index contributed by atoms with van der Waals surface area (Å²) in [6.45, 7) is 1.90. The fourth-order valence-electron chi connectivity index (χ4n) is 2.74. The normalized spacial score (nSPS) is 10.6. The van der Waals surface area contributed by atoms with Gasteiger partial charge in [-0.05, 0) is 53.9 Å². The summed E-state index contributed by atoms with van der Waals surface area (Å²) >= 11 is 0. The minimum Gasteiger partial charge on any atom is -0.494 e. The number of para-hydroxylation sites is 1. The Bertz CT molecular complexity index is 1030. The molecule has 0 atom stereocenters. The third kappa shape index (κ3) is 7.78. The summed E-state index contributed by atoms with van der Waals surface area (Å²) in [6, 6.07) is 20.4. The van der Waals surface area contributed by atoms with Crippen molar-refractivity contribution in [1.82, 2.24) is 4.98 Å². The van der Waals surface area contributed by atoms with E-state index < -0.39 is 0 Å². The summed E-state index contributed by atoms with van der Waals surface area (Å²) in [5.74, 6) is 1.34. The van der Waals surface area contributed by atoms with Crippen LogP contribution in [0.25, 0.3) is 12.2 Å².